The average molecular weight is 446 g/mol. The first-order chi connectivity index (χ1) is 12.0. The molecule has 1 fully saturated rings. The summed E-state index contributed by atoms with van der Waals surface area (Å²) < 4.78 is 0.985. The van der Waals surface area contributed by atoms with Gasteiger partial charge in [-0.15, -0.1) is 0 Å². The van der Waals surface area contributed by atoms with E-state index in [2.05, 4.69) is 27.9 Å². The van der Waals surface area contributed by atoms with Gasteiger partial charge in [-0.2, -0.15) is 0 Å². The zero-order chi connectivity index (χ0) is 18.0. The number of carbonyl (C=O) groups excluding carboxylic acids is 3. The van der Waals surface area contributed by atoms with Crippen LogP contribution in [0.15, 0.2) is 54.1 Å². The second-order valence-corrected chi connectivity index (χ2v) is 6.78. The van der Waals surface area contributed by atoms with E-state index in [0.717, 1.165) is 26.0 Å². The quantitative estimate of drug-likeness (QED) is 0.446. The van der Waals surface area contributed by atoms with Gasteiger partial charge in [-0.05, 0) is 70.5 Å². The van der Waals surface area contributed by atoms with E-state index in [0.29, 0.717) is 5.69 Å². The summed E-state index contributed by atoms with van der Waals surface area (Å²) in [6.45, 7) is 2.02. The van der Waals surface area contributed by atoms with Crippen molar-refractivity contribution in [1.29, 1.82) is 0 Å². The van der Waals surface area contributed by atoms with E-state index in [9.17, 15) is 14.4 Å². The Morgan fingerprint density at radius 2 is 1.80 bits per heavy atom. The number of rotatable bonds is 3. The lowest BCUT2D eigenvalue weighted by Crippen LogP contribution is -2.54. The largest absolute Gasteiger partial charge is 0.335 e. The van der Waals surface area contributed by atoms with E-state index in [1.165, 1.54) is 6.08 Å². The van der Waals surface area contributed by atoms with Gasteiger partial charge < -0.3 is 0 Å². The number of barbiturate groups is 1. The Hall–Kier alpha value is -2.48. The number of urea groups is 1. The lowest BCUT2D eigenvalue weighted by Gasteiger charge is -2.26. The maximum atomic E-state index is 12.8. The van der Waals surface area contributed by atoms with Gasteiger partial charge in [-0.3, -0.25) is 14.9 Å². The number of halogens is 1. The summed E-state index contributed by atoms with van der Waals surface area (Å²) in [5, 5.41) is 2.23. The van der Waals surface area contributed by atoms with Crippen molar-refractivity contribution in [2.24, 2.45) is 0 Å². The molecule has 0 saturated carbocycles. The summed E-state index contributed by atoms with van der Waals surface area (Å²) in [4.78, 5) is 38.1. The van der Waals surface area contributed by atoms with Crippen molar-refractivity contribution in [3.05, 3.63) is 68.8 Å². The van der Waals surface area contributed by atoms with E-state index in [-0.39, 0.29) is 5.57 Å². The van der Waals surface area contributed by atoms with E-state index in [1.54, 1.807) is 18.2 Å². The van der Waals surface area contributed by atoms with Crippen molar-refractivity contribution in [2.45, 2.75) is 13.3 Å². The molecule has 25 heavy (non-hydrogen) atoms. The number of imide groups is 2. The maximum absolute atomic E-state index is 12.8. The fourth-order valence-electron chi connectivity index (χ4n) is 2.54. The zero-order valence-corrected chi connectivity index (χ0v) is 15.6. The van der Waals surface area contributed by atoms with Crippen LogP contribution < -0.4 is 10.2 Å². The predicted molar refractivity (Wildman–Crippen MR) is 104 cm³/mol. The third-order valence-electron chi connectivity index (χ3n) is 3.86. The maximum Gasteiger partial charge on any atom is 0.335 e. The third-order valence-corrected chi connectivity index (χ3v) is 4.54. The summed E-state index contributed by atoms with van der Waals surface area (Å²) in [5.41, 5.74) is 2.18. The predicted octanol–water partition coefficient (Wildman–Crippen LogP) is 3.52. The number of nitrogens with one attached hydrogen (secondary N) is 1. The first-order valence-corrected chi connectivity index (χ1v) is 8.83. The molecule has 1 aliphatic heterocycles. The van der Waals surface area contributed by atoms with Gasteiger partial charge in [0.15, 0.2) is 0 Å². The molecule has 6 heteroatoms. The van der Waals surface area contributed by atoms with Gasteiger partial charge in [0, 0.05) is 3.57 Å². The molecule has 0 spiro atoms. The van der Waals surface area contributed by atoms with Gasteiger partial charge in [0.25, 0.3) is 11.8 Å². The molecular formula is C19H15IN2O3. The van der Waals surface area contributed by atoms with Gasteiger partial charge in [0.2, 0.25) is 0 Å². The molecule has 0 aromatic heterocycles. The van der Waals surface area contributed by atoms with Crippen molar-refractivity contribution in [3.8, 4) is 0 Å². The van der Waals surface area contributed by atoms with Gasteiger partial charge in [0.05, 0.1) is 5.69 Å². The number of amides is 4. The minimum atomic E-state index is -0.737. The Kier molecular flexibility index (Phi) is 4.98. The molecule has 0 radical (unpaired) electrons. The highest BCUT2D eigenvalue weighted by Crippen LogP contribution is 2.22. The second kappa shape index (κ2) is 7.18. The van der Waals surface area contributed by atoms with Crippen LogP contribution in [0.25, 0.3) is 6.08 Å². The monoisotopic (exact) mass is 446 g/mol. The highest BCUT2D eigenvalue weighted by Gasteiger charge is 2.36. The number of carbonyl (C=O) groups is 3. The number of aryl methyl sites for hydroxylation is 1. The molecule has 1 saturated heterocycles. The molecule has 5 nitrogen and oxygen atoms in total. The molecule has 0 aliphatic carbocycles. The standard InChI is InChI=1S/C19H15IN2O3/c1-2-12-6-8-15(9-7-12)22-18(24)16(17(23)21-19(22)25)11-13-4-3-5-14(20)10-13/h3-11H,2H2,1H3,(H,21,23,25). The molecular weight excluding hydrogens is 431 g/mol. The molecule has 1 heterocycles. The second-order valence-electron chi connectivity index (χ2n) is 5.53. The molecule has 126 valence electrons. The first kappa shape index (κ1) is 17.3. The van der Waals surface area contributed by atoms with Crippen LogP contribution in [-0.4, -0.2) is 17.8 Å². The average Bonchev–Trinajstić information content (AvgIpc) is 2.59. The number of benzene rings is 2. The Morgan fingerprint density at radius 3 is 2.44 bits per heavy atom. The van der Waals surface area contributed by atoms with Crippen LogP contribution in [-0.2, 0) is 16.0 Å². The Bertz CT molecular complexity index is 888. The summed E-state index contributed by atoms with van der Waals surface area (Å²) in [6, 6.07) is 13.8. The summed E-state index contributed by atoms with van der Waals surface area (Å²) >= 11 is 2.15. The van der Waals surface area contributed by atoms with E-state index in [4.69, 9.17) is 0 Å². The number of hydrogen-bond donors (Lipinski definition) is 1. The van der Waals surface area contributed by atoms with Crippen molar-refractivity contribution in [3.63, 3.8) is 0 Å². The summed E-state index contributed by atoms with van der Waals surface area (Å²) in [5.74, 6) is -1.31. The van der Waals surface area contributed by atoms with Crippen molar-refractivity contribution in [1.82, 2.24) is 5.32 Å². The van der Waals surface area contributed by atoms with Crippen LogP contribution in [0.3, 0.4) is 0 Å². The van der Waals surface area contributed by atoms with Crippen LogP contribution in [0.4, 0.5) is 10.5 Å². The summed E-state index contributed by atoms with van der Waals surface area (Å²) in [7, 11) is 0. The number of anilines is 1. The van der Waals surface area contributed by atoms with Gasteiger partial charge in [-0.25, -0.2) is 9.69 Å². The van der Waals surface area contributed by atoms with Crippen LogP contribution in [0.1, 0.15) is 18.1 Å². The minimum absolute atomic E-state index is 0.0684. The molecule has 2 aromatic rings. The van der Waals surface area contributed by atoms with Crippen LogP contribution in [0.2, 0.25) is 0 Å². The van der Waals surface area contributed by atoms with Gasteiger partial charge in [0.1, 0.15) is 5.57 Å². The van der Waals surface area contributed by atoms with Crippen LogP contribution >= 0.6 is 22.6 Å². The van der Waals surface area contributed by atoms with E-state index in [1.807, 2.05) is 37.3 Å². The summed E-state index contributed by atoms with van der Waals surface area (Å²) in [6.07, 6.45) is 2.36. The molecule has 4 amide bonds. The number of hydrogen-bond acceptors (Lipinski definition) is 3. The lowest BCUT2D eigenvalue weighted by atomic mass is 10.1. The zero-order valence-electron chi connectivity index (χ0n) is 13.5. The SMILES string of the molecule is CCc1ccc(N2C(=O)NC(=O)C(=Cc3cccc(I)c3)C2=O)cc1. The van der Waals surface area contributed by atoms with Crippen LogP contribution in [0, 0.1) is 3.57 Å². The molecule has 2 aromatic carbocycles. The van der Waals surface area contributed by atoms with Gasteiger partial charge >= 0.3 is 6.03 Å². The van der Waals surface area contributed by atoms with Crippen molar-refractivity contribution >= 4 is 52.2 Å². The lowest BCUT2D eigenvalue weighted by molar-refractivity contribution is -0.122. The topological polar surface area (TPSA) is 66.5 Å². The molecule has 3 rings (SSSR count). The van der Waals surface area contributed by atoms with Gasteiger partial charge in [-0.1, -0.05) is 31.2 Å². The highest BCUT2D eigenvalue weighted by molar-refractivity contribution is 14.1. The van der Waals surface area contributed by atoms with E-state index >= 15 is 0 Å². The fourth-order valence-corrected chi connectivity index (χ4v) is 3.10. The minimum Gasteiger partial charge on any atom is -0.273 e. The molecule has 0 bridgehead atoms. The smallest absolute Gasteiger partial charge is 0.273 e. The molecule has 1 aliphatic rings. The molecule has 0 atom stereocenters. The van der Waals surface area contributed by atoms with Crippen LogP contribution in [0.5, 0.6) is 0 Å². The number of nitrogens with zero attached hydrogens (tertiary/aromatic N) is 1. The molecule has 1 N–H and O–H groups in total. The Labute approximate surface area is 158 Å². The first-order valence-electron chi connectivity index (χ1n) is 7.75. The Morgan fingerprint density at radius 1 is 1.08 bits per heavy atom. The normalized spacial score (nSPS) is 16.3. The third kappa shape index (κ3) is 3.63. The van der Waals surface area contributed by atoms with Crippen molar-refractivity contribution < 1.29 is 14.4 Å². The highest BCUT2D eigenvalue weighted by atomic mass is 127. The molecule has 0 unspecified atom stereocenters. The fraction of sp³-hybridized carbons (Fsp3) is 0.105. The van der Waals surface area contributed by atoms with Crippen molar-refractivity contribution in [2.75, 3.05) is 4.90 Å². The Balaban J connectivity index is 1.99. The van der Waals surface area contributed by atoms with E-state index < -0.39 is 17.8 Å².